The van der Waals surface area contributed by atoms with Crippen LogP contribution in [0, 0.1) is 5.92 Å². The van der Waals surface area contributed by atoms with Crippen LogP contribution in [0.15, 0.2) is 24.3 Å². The van der Waals surface area contributed by atoms with Crippen LogP contribution in [0.25, 0.3) is 0 Å². The van der Waals surface area contributed by atoms with E-state index < -0.39 is 0 Å². The number of benzene rings is 1. The van der Waals surface area contributed by atoms with Gasteiger partial charge in [0.05, 0.1) is 11.7 Å². The largest absolute Gasteiger partial charge is 0.491 e. The van der Waals surface area contributed by atoms with E-state index >= 15 is 0 Å². The average Bonchev–Trinajstić information content (AvgIpc) is 2.97. The van der Waals surface area contributed by atoms with Gasteiger partial charge in [0, 0.05) is 17.5 Å². The molecule has 3 rings (SSSR count). The predicted octanol–water partition coefficient (Wildman–Crippen LogP) is 4.27. The maximum absolute atomic E-state index is 12.7. The Hall–Kier alpha value is -2.34. The number of anilines is 1. The van der Waals surface area contributed by atoms with Gasteiger partial charge in [-0.2, -0.15) is 0 Å². The Kier molecular flexibility index (Phi) is 5.85. The standard InChI is InChI=1S/C21H26N2O3S/c1-12(2)26-15-8-6-14(7-9-15)19(24)23-21-18(20(25)22-4)16-10-5-13(3)11-17(16)27-21/h6-9,12-13H,5,10-11H2,1-4H3,(H,22,25)(H,23,24). The number of amides is 2. The monoisotopic (exact) mass is 386 g/mol. The Morgan fingerprint density at radius 3 is 2.52 bits per heavy atom. The minimum atomic E-state index is -0.220. The summed E-state index contributed by atoms with van der Waals surface area (Å²) in [5.74, 6) is 0.972. The third kappa shape index (κ3) is 4.33. The third-order valence-corrected chi connectivity index (χ3v) is 5.85. The first-order chi connectivity index (χ1) is 12.9. The first kappa shape index (κ1) is 19.4. The molecule has 6 heteroatoms. The normalized spacial score (nSPS) is 16.0. The van der Waals surface area contributed by atoms with Crippen molar-refractivity contribution in [3.8, 4) is 5.75 Å². The highest BCUT2D eigenvalue weighted by Crippen LogP contribution is 2.39. The summed E-state index contributed by atoms with van der Waals surface area (Å²) < 4.78 is 5.61. The smallest absolute Gasteiger partial charge is 0.256 e. The lowest BCUT2D eigenvalue weighted by molar-refractivity contribution is 0.0963. The van der Waals surface area contributed by atoms with Gasteiger partial charge in [-0.05, 0) is 68.9 Å². The second-order valence-corrected chi connectivity index (χ2v) is 8.39. The van der Waals surface area contributed by atoms with Crippen molar-refractivity contribution in [3.63, 3.8) is 0 Å². The number of thiophene rings is 1. The third-order valence-electron chi connectivity index (χ3n) is 4.68. The van der Waals surface area contributed by atoms with Gasteiger partial charge >= 0.3 is 0 Å². The van der Waals surface area contributed by atoms with Crippen molar-refractivity contribution < 1.29 is 14.3 Å². The molecule has 5 nitrogen and oxygen atoms in total. The Labute approximate surface area is 164 Å². The summed E-state index contributed by atoms with van der Waals surface area (Å²) in [6.07, 6.45) is 2.99. The first-order valence-electron chi connectivity index (χ1n) is 9.33. The van der Waals surface area contributed by atoms with Crippen molar-refractivity contribution in [2.45, 2.75) is 46.1 Å². The van der Waals surface area contributed by atoms with Crippen LogP contribution in [0.5, 0.6) is 5.75 Å². The van der Waals surface area contributed by atoms with E-state index in [-0.39, 0.29) is 17.9 Å². The van der Waals surface area contributed by atoms with Crippen LogP contribution in [0.4, 0.5) is 5.00 Å². The van der Waals surface area contributed by atoms with Gasteiger partial charge in [0.15, 0.2) is 0 Å². The summed E-state index contributed by atoms with van der Waals surface area (Å²) in [7, 11) is 1.62. The maximum atomic E-state index is 12.7. The zero-order chi connectivity index (χ0) is 19.6. The molecule has 2 N–H and O–H groups in total. The fourth-order valence-electron chi connectivity index (χ4n) is 3.34. The quantitative estimate of drug-likeness (QED) is 0.806. The molecule has 27 heavy (non-hydrogen) atoms. The van der Waals surface area contributed by atoms with Crippen molar-refractivity contribution in [3.05, 3.63) is 45.8 Å². The molecule has 0 bridgehead atoms. The van der Waals surface area contributed by atoms with Gasteiger partial charge in [-0.25, -0.2) is 0 Å². The molecular formula is C21H26N2O3S. The molecule has 1 aliphatic rings. The van der Waals surface area contributed by atoms with Crippen molar-refractivity contribution >= 4 is 28.2 Å². The number of rotatable bonds is 5. The minimum absolute atomic E-state index is 0.0830. The molecule has 1 atom stereocenters. The van der Waals surface area contributed by atoms with E-state index in [1.54, 1.807) is 31.3 Å². The van der Waals surface area contributed by atoms with E-state index in [2.05, 4.69) is 17.6 Å². The highest BCUT2D eigenvalue weighted by molar-refractivity contribution is 7.17. The van der Waals surface area contributed by atoms with Crippen LogP contribution >= 0.6 is 11.3 Å². The van der Waals surface area contributed by atoms with Crippen LogP contribution in [0.1, 0.15) is 58.3 Å². The van der Waals surface area contributed by atoms with Crippen LogP contribution in [0.3, 0.4) is 0 Å². The summed E-state index contributed by atoms with van der Waals surface area (Å²) in [6.45, 7) is 6.14. The topological polar surface area (TPSA) is 67.4 Å². The zero-order valence-electron chi connectivity index (χ0n) is 16.2. The molecule has 1 unspecified atom stereocenters. The lowest BCUT2D eigenvalue weighted by Gasteiger charge is -2.18. The predicted molar refractivity (Wildman–Crippen MR) is 109 cm³/mol. The Morgan fingerprint density at radius 2 is 1.89 bits per heavy atom. The van der Waals surface area contributed by atoms with E-state index in [9.17, 15) is 9.59 Å². The Bertz CT molecular complexity index is 840. The van der Waals surface area contributed by atoms with Gasteiger partial charge in [0.2, 0.25) is 0 Å². The molecule has 2 aromatic rings. The summed E-state index contributed by atoms with van der Waals surface area (Å²) in [6, 6.07) is 7.05. The molecule has 0 aliphatic heterocycles. The number of carbonyl (C=O) groups is 2. The molecule has 1 aromatic carbocycles. The lowest BCUT2D eigenvalue weighted by Crippen LogP contribution is -2.22. The van der Waals surface area contributed by atoms with E-state index in [0.717, 1.165) is 30.6 Å². The van der Waals surface area contributed by atoms with Gasteiger partial charge in [-0.1, -0.05) is 6.92 Å². The van der Waals surface area contributed by atoms with E-state index in [1.165, 1.54) is 16.2 Å². The second-order valence-electron chi connectivity index (χ2n) is 7.28. The van der Waals surface area contributed by atoms with Gasteiger partial charge in [-0.3, -0.25) is 9.59 Å². The maximum Gasteiger partial charge on any atom is 0.256 e. The molecule has 1 heterocycles. The van der Waals surface area contributed by atoms with Crippen molar-refractivity contribution in [2.24, 2.45) is 5.92 Å². The Morgan fingerprint density at radius 1 is 1.19 bits per heavy atom. The number of ether oxygens (including phenoxy) is 1. The molecule has 1 aliphatic carbocycles. The first-order valence-corrected chi connectivity index (χ1v) is 10.1. The number of hydrogen-bond donors (Lipinski definition) is 2. The fourth-order valence-corrected chi connectivity index (χ4v) is 4.74. The molecule has 0 radical (unpaired) electrons. The fraction of sp³-hybridized carbons (Fsp3) is 0.429. The number of carbonyl (C=O) groups excluding carboxylic acids is 2. The van der Waals surface area contributed by atoms with Crippen LogP contribution in [-0.4, -0.2) is 25.0 Å². The summed E-state index contributed by atoms with van der Waals surface area (Å²) in [5, 5.41) is 6.30. The molecule has 2 amide bonds. The lowest BCUT2D eigenvalue weighted by atomic mass is 9.88. The minimum Gasteiger partial charge on any atom is -0.491 e. The van der Waals surface area contributed by atoms with E-state index in [4.69, 9.17) is 4.74 Å². The number of hydrogen-bond acceptors (Lipinski definition) is 4. The van der Waals surface area contributed by atoms with Gasteiger partial charge < -0.3 is 15.4 Å². The van der Waals surface area contributed by atoms with Crippen LogP contribution in [0.2, 0.25) is 0 Å². The molecule has 0 fully saturated rings. The highest BCUT2D eigenvalue weighted by Gasteiger charge is 2.28. The van der Waals surface area contributed by atoms with Crippen molar-refractivity contribution in [1.82, 2.24) is 5.32 Å². The molecule has 0 spiro atoms. The Balaban J connectivity index is 1.84. The molecule has 0 saturated heterocycles. The summed E-state index contributed by atoms with van der Waals surface area (Å²) in [4.78, 5) is 26.4. The zero-order valence-corrected chi connectivity index (χ0v) is 17.0. The van der Waals surface area contributed by atoms with E-state index in [0.29, 0.717) is 22.0 Å². The van der Waals surface area contributed by atoms with Crippen molar-refractivity contribution in [1.29, 1.82) is 0 Å². The van der Waals surface area contributed by atoms with Crippen LogP contribution < -0.4 is 15.4 Å². The highest BCUT2D eigenvalue weighted by atomic mass is 32.1. The number of nitrogens with one attached hydrogen (secondary N) is 2. The SMILES string of the molecule is CNC(=O)c1c(NC(=O)c2ccc(OC(C)C)cc2)sc2c1CCC(C)C2. The molecular weight excluding hydrogens is 360 g/mol. The van der Waals surface area contributed by atoms with E-state index in [1.807, 2.05) is 13.8 Å². The molecule has 1 aromatic heterocycles. The molecule has 0 saturated carbocycles. The summed E-state index contributed by atoms with van der Waals surface area (Å²) in [5.41, 5.74) is 2.25. The van der Waals surface area contributed by atoms with Gasteiger partial charge in [0.25, 0.3) is 11.8 Å². The second kappa shape index (κ2) is 8.13. The van der Waals surface area contributed by atoms with Crippen molar-refractivity contribution in [2.75, 3.05) is 12.4 Å². The average molecular weight is 387 g/mol. The van der Waals surface area contributed by atoms with Gasteiger partial charge in [-0.15, -0.1) is 11.3 Å². The van der Waals surface area contributed by atoms with Crippen LogP contribution in [-0.2, 0) is 12.8 Å². The summed E-state index contributed by atoms with van der Waals surface area (Å²) >= 11 is 1.53. The molecule has 144 valence electrons. The van der Waals surface area contributed by atoms with Gasteiger partial charge in [0.1, 0.15) is 10.8 Å². The number of fused-ring (bicyclic) bond motifs is 1.